The van der Waals surface area contributed by atoms with Crippen LogP contribution in [-0.4, -0.2) is 70.3 Å². The number of benzene rings is 3. The molecule has 0 saturated heterocycles. The van der Waals surface area contributed by atoms with Crippen molar-refractivity contribution in [3.63, 3.8) is 0 Å². The van der Waals surface area contributed by atoms with Crippen molar-refractivity contribution in [3.05, 3.63) is 120 Å². The molecule has 11 heteroatoms. The number of hydrogen-bond acceptors (Lipinski definition) is 10. The number of methoxy groups -OCH3 is 1. The molecule has 0 N–H and O–H groups in total. The quantitative estimate of drug-likeness (QED) is 0.135. The maximum atomic E-state index is 13.5. The Morgan fingerprint density at radius 2 is 1.19 bits per heavy atom. The van der Waals surface area contributed by atoms with Gasteiger partial charge in [0.05, 0.1) is 30.4 Å². The van der Waals surface area contributed by atoms with E-state index in [1.54, 1.807) is 91.0 Å². The lowest BCUT2D eigenvalue weighted by molar-refractivity contribution is -0.158. The van der Waals surface area contributed by atoms with Gasteiger partial charge in [-0.2, -0.15) is 0 Å². The number of carbonyl (C=O) groups is 4. The molecule has 0 fully saturated rings. The van der Waals surface area contributed by atoms with E-state index in [-0.39, 0.29) is 34.1 Å². The molecule has 0 bridgehead atoms. The summed E-state index contributed by atoms with van der Waals surface area (Å²) in [5.74, 6) is -3.38. The van der Waals surface area contributed by atoms with Gasteiger partial charge in [-0.05, 0) is 54.5 Å². The molecule has 0 aliphatic carbocycles. The zero-order valence-corrected chi connectivity index (χ0v) is 28.3. The van der Waals surface area contributed by atoms with Crippen LogP contribution in [0.2, 0.25) is 18.1 Å². The Hall–Kier alpha value is -4.74. The standard InChI is InChI=1S/C36H40O10Si/c1-36(2,3)47(5,6)42-23-29(45-33(38)25-18-12-8-13-19-25)31-30(46-34(39)26-20-14-9-15-21-26)27(22-28(43-31)35(40)41-4)44-32(37)24-16-10-7-11-17-24/h7-22,27,29-31H,23H2,1-6H3/t27-,29?,30-,31-/m1/s1. The van der Waals surface area contributed by atoms with Crippen molar-refractivity contribution in [2.45, 2.75) is 63.3 Å². The van der Waals surface area contributed by atoms with Crippen LogP contribution in [0.1, 0.15) is 51.8 Å². The molecule has 4 rings (SSSR count). The molecule has 4 atom stereocenters. The Labute approximate surface area is 275 Å². The highest BCUT2D eigenvalue weighted by Gasteiger charge is 2.49. The van der Waals surface area contributed by atoms with Gasteiger partial charge in [0.2, 0.25) is 5.76 Å². The number of carbonyl (C=O) groups excluding carboxylic acids is 4. The van der Waals surface area contributed by atoms with Crippen molar-refractivity contribution in [1.82, 2.24) is 0 Å². The molecule has 1 aliphatic rings. The predicted molar refractivity (Wildman–Crippen MR) is 175 cm³/mol. The van der Waals surface area contributed by atoms with Gasteiger partial charge in [-0.3, -0.25) is 0 Å². The first-order valence-corrected chi connectivity index (χ1v) is 18.1. The van der Waals surface area contributed by atoms with E-state index in [1.807, 2.05) is 13.1 Å². The third kappa shape index (κ3) is 8.96. The van der Waals surface area contributed by atoms with E-state index >= 15 is 0 Å². The Kier molecular flexibility index (Phi) is 11.4. The zero-order chi connectivity index (χ0) is 34.2. The molecule has 1 heterocycles. The minimum atomic E-state index is -2.45. The van der Waals surface area contributed by atoms with E-state index in [9.17, 15) is 19.2 Å². The highest BCUT2D eigenvalue weighted by Crippen LogP contribution is 2.37. The minimum Gasteiger partial charge on any atom is -0.475 e. The lowest BCUT2D eigenvalue weighted by Gasteiger charge is -2.41. The van der Waals surface area contributed by atoms with E-state index in [4.69, 9.17) is 28.1 Å². The van der Waals surface area contributed by atoms with Crippen LogP contribution >= 0.6 is 0 Å². The van der Waals surface area contributed by atoms with Gasteiger partial charge in [0.15, 0.2) is 32.7 Å². The summed E-state index contributed by atoms with van der Waals surface area (Å²) in [6.07, 6.45) is -4.13. The molecule has 0 aromatic heterocycles. The Morgan fingerprint density at radius 3 is 1.66 bits per heavy atom. The second-order valence-corrected chi connectivity index (χ2v) is 17.3. The maximum Gasteiger partial charge on any atom is 0.373 e. The number of esters is 4. The van der Waals surface area contributed by atoms with Gasteiger partial charge in [-0.1, -0.05) is 75.4 Å². The molecule has 3 aromatic rings. The van der Waals surface area contributed by atoms with Gasteiger partial charge in [0.1, 0.15) is 0 Å². The van der Waals surface area contributed by atoms with Crippen LogP contribution in [0.4, 0.5) is 0 Å². The van der Waals surface area contributed by atoms with Crippen molar-refractivity contribution in [1.29, 1.82) is 0 Å². The van der Waals surface area contributed by atoms with Crippen LogP contribution in [-0.2, 0) is 32.9 Å². The largest absolute Gasteiger partial charge is 0.475 e. The molecule has 10 nitrogen and oxygen atoms in total. The fourth-order valence-corrected chi connectivity index (χ4v) is 5.45. The Morgan fingerprint density at radius 1 is 0.723 bits per heavy atom. The van der Waals surface area contributed by atoms with Crippen LogP contribution in [0.15, 0.2) is 103 Å². The molecule has 248 valence electrons. The van der Waals surface area contributed by atoms with Crippen molar-refractivity contribution < 1.29 is 47.3 Å². The van der Waals surface area contributed by atoms with Crippen molar-refractivity contribution in [2.75, 3.05) is 13.7 Å². The second-order valence-electron chi connectivity index (χ2n) is 12.5. The average molecular weight is 661 g/mol. The molecule has 0 spiro atoms. The van der Waals surface area contributed by atoms with E-state index in [1.165, 1.54) is 13.2 Å². The summed E-state index contributed by atoms with van der Waals surface area (Å²) in [6, 6.07) is 24.8. The van der Waals surface area contributed by atoms with Gasteiger partial charge in [0, 0.05) is 6.08 Å². The van der Waals surface area contributed by atoms with Crippen LogP contribution in [0.5, 0.6) is 0 Å². The van der Waals surface area contributed by atoms with E-state index in [0.29, 0.717) is 0 Å². The molecule has 1 aliphatic heterocycles. The van der Waals surface area contributed by atoms with Crippen molar-refractivity contribution in [2.24, 2.45) is 0 Å². The van der Waals surface area contributed by atoms with Gasteiger partial charge >= 0.3 is 23.9 Å². The first-order valence-electron chi connectivity index (χ1n) is 15.2. The molecule has 0 amide bonds. The summed E-state index contributed by atoms with van der Waals surface area (Å²) in [5, 5.41) is -0.210. The summed E-state index contributed by atoms with van der Waals surface area (Å²) in [5.41, 5.74) is 0.705. The monoisotopic (exact) mass is 660 g/mol. The maximum absolute atomic E-state index is 13.5. The summed E-state index contributed by atoms with van der Waals surface area (Å²) in [7, 11) is -1.28. The van der Waals surface area contributed by atoms with E-state index < -0.39 is 56.6 Å². The zero-order valence-electron chi connectivity index (χ0n) is 27.3. The predicted octanol–water partition coefficient (Wildman–Crippen LogP) is 6.14. The molecule has 0 saturated carbocycles. The molecule has 0 radical (unpaired) electrons. The topological polar surface area (TPSA) is 124 Å². The van der Waals surface area contributed by atoms with Crippen molar-refractivity contribution >= 4 is 32.2 Å². The first kappa shape index (κ1) is 35.1. The van der Waals surface area contributed by atoms with Gasteiger partial charge in [-0.25, -0.2) is 19.2 Å². The van der Waals surface area contributed by atoms with E-state index in [2.05, 4.69) is 20.8 Å². The van der Waals surface area contributed by atoms with Gasteiger partial charge < -0.3 is 28.1 Å². The number of hydrogen-bond donors (Lipinski definition) is 0. The van der Waals surface area contributed by atoms with Crippen LogP contribution in [0.25, 0.3) is 0 Å². The summed E-state index contributed by atoms with van der Waals surface area (Å²) in [4.78, 5) is 53.1. The van der Waals surface area contributed by atoms with Gasteiger partial charge in [-0.15, -0.1) is 0 Å². The molecule has 1 unspecified atom stereocenters. The van der Waals surface area contributed by atoms with E-state index in [0.717, 1.165) is 0 Å². The third-order valence-electron chi connectivity index (χ3n) is 8.17. The highest BCUT2D eigenvalue weighted by molar-refractivity contribution is 6.74. The normalized spacial score (nSPS) is 18.5. The third-order valence-corrected chi connectivity index (χ3v) is 12.7. The first-order chi connectivity index (χ1) is 22.3. The summed E-state index contributed by atoms with van der Waals surface area (Å²) < 4.78 is 35.4. The SMILES string of the molecule is COC(=O)C1=C[C@@H](OC(=O)c2ccccc2)[C@@H](OC(=O)c2ccccc2)[C@@H](C(CO[Si](C)(C)C(C)(C)C)OC(=O)c2ccccc2)O1. The molecule has 47 heavy (non-hydrogen) atoms. The lowest BCUT2D eigenvalue weighted by Crippen LogP contribution is -2.56. The van der Waals surface area contributed by atoms with Crippen LogP contribution in [0, 0.1) is 0 Å². The Bertz CT molecular complexity index is 1570. The molecular formula is C36H40O10Si. The Balaban J connectivity index is 1.80. The number of rotatable bonds is 11. The van der Waals surface area contributed by atoms with Crippen LogP contribution in [0.3, 0.4) is 0 Å². The summed E-state index contributed by atoms with van der Waals surface area (Å²) >= 11 is 0. The number of ether oxygens (including phenoxy) is 5. The van der Waals surface area contributed by atoms with Gasteiger partial charge in [0.25, 0.3) is 0 Å². The molecular weight excluding hydrogens is 620 g/mol. The minimum absolute atomic E-state index is 0.174. The smallest absolute Gasteiger partial charge is 0.373 e. The van der Waals surface area contributed by atoms with Crippen LogP contribution < -0.4 is 0 Å². The highest BCUT2D eigenvalue weighted by atomic mass is 28.4. The van der Waals surface area contributed by atoms with Crippen molar-refractivity contribution in [3.8, 4) is 0 Å². The fraction of sp³-hybridized carbons (Fsp3) is 0.333. The lowest BCUT2D eigenvalue weighted by atomic mass is 9.98. The average Bonchev–Trinajstić information content (AvgIpc) is 3.07. The fourth-order valence-electron chi connectivity index (χ4n) is 4.44. The second kappa shape index (κ2) is 15.2. The summed E-state index contributed by atoms with van der Waals surface area (Å²) in [6.45, 7) is 10.1. The molecule has 3 aromatic carbocycles.